The second-order valence-electron chi connectivity index (χ2n) is 6.91. The minimum absolute atomic E-state index is 0.278. The van der Waals surface area contributed by atoms with E-state index in [1.165, 1.54) is 18.4 Å². The third-order valence-electron chi connectivity index (χ3n) is 4.99. The summed E-state index contributed by atoms with van der Waals surface area (Å²) in [6.07, 6.45) is 0. The number of fused-ring (bicyclic) bond motifs is 3. The Morgan fingerprint density at radius 1 is 1.06 bits per heavy atom. The van der Waals surface area contributed by atoms with Crippen molar-refractivity contribution >= 4 is 50.0 Å². The lowest BCUT2D eigenvalue weighted by Crippen LogP contribution is -2.21. The molecule has 2 aromatic heterocycles. The molecule has 7 nitrogen and oxygen atoms in total. The fourth-order valence-electron chi connectivity index (χ4n) is 3.32. The monoisotopic (exact) mass is 437 g/mol. The van der Waals surface area contributed by atoms with Crippen molar-refractivity contribution in [3.8, 4) is 5.75 Å². The fraction of sp³-hybridized carbons (Fsp3) is 0.174. The summed E-state index contributed by atoms with van der Waals surface area (Å²) in [5.41, 5.74) is 1.05. The Labute approximate surface area is 181 Å². The van der Waals surface area contributed by atoms with Gasteiger partial charge in [0.25, 0.3) is 5.91 Å². The van der Waals surface area contributed by atoms with Crippen LogP contribution in [0.25, 0.3) is 21.7 Å². The second kappa shape index (κ2) is 8.23. The molecular formula is C23H19NO6S. The van der Waals surface area contributed by atoms with E-state index in [4.69, 9.17) is 13.9 Å². The summed E-state index contributed by atoms with van der Waals surface area (Å²) in [6.45, 7) is 3.39. The van der Waals surface area contributed by atoms with Crippen LogP contribution in [0.4, 0.5) is 5.00 Å². The molecular weight excluding hydrogens is 418 g/mol. The van der Waals surface area contributed by atoms with Crippen molar-refractivity contribution in [3.05, 3.63) is 68.9 Å². The molecule has 1 N–H and O–H groups in total. The summed E-state index contributed by atoms with van der Waals surface area (Å²) in [5.74, 6) is -0.547. The van der Waals surface area contributed by atoms with Gasteiger partial charge in [-0.15, -0.1) is 11.3 Å². The maximum Gasteiger partial charge on any atom is 0.344 e. The standard InChI is InChI=1S/C23H19NO6S/c1-12-13(2)31-21(20(12)23(27)28-3)24-19(25)11-29-14-8-9-16-15-6-4-5-7-17(15)22(26)30-18(16)10-14/h4-10H,11H2,1-3H3,(H,24,25). The van der Waals surface area contributed by atoms with Gasteiger partial charge in [-0.25, -0.2) is 9.59 Å². The van der Waals surface area contributed by atoms with E-state index in [9.17, 15) is 14.4 Å². The van der Waals surface area contributed by atoms with Gasteiger partial charge in [-0.05, 0) is 43.0 Å². The molecule has 2 heterocycles. The minimum atomic E-state index is -0.505. The van der Waals surface area contributed by atoms with Gasteiger partial charge in [0.1, 0.15) is 16.3 Å². The Morgan fingerprint density at radius 2 is 1.81 bits per heavy atom. The summed E-state index contributed by atoms with van der Waals surface area (Å²) >= 11 is 1.30. The number of hydrogen-bond acceptors (Lipinski definition) is 7. The molecule has 4 rings (SSSR count). The summed E-state index contributed by atoms with van der Waals surface area (Å²) in [4.78, 5) is 37.6. The molecule has 1 amide bonds. The minimum Gasteiger partial charge on any atom is -0.484 e. The first-order valence-corrected chi connectivity index (χ1v) is 10.3. The number of aryl methyl sites for hydroxylation is 1. The average molecular weight is 437 g/mol. The molecule has 0 unspecified atom stereocenters. The highest BCUT2D eigenvalue weighted by Crippen LogP contribution is 2.33. The largest absolute Gasteiger partial charge is 0.484 e. The van der Waals surface area contributed by atoms with Gasteiger partial charge in [-0.2, -0.15) is 0 Å². The van der Waals surface area contributed by atoms with Crippen molar-refractivity contribution in [1.82, 2.24) is 0 Å². The van der Waals surface area contributed by atoms with E-state index in [1.807, 2.05) is 19.1 Å². The Balaban J connectivity index is 1.53. The second-order valence-corrected chi connectivity index (χ2v) is 8.13. The highest BCUT2D eigenvalue weighted by Gasteiger charge is 2.21. The van der Waals surface area contributed by atoms with Crippen LogP contribution in [0.2, 0.25) is 0 Å². The predicted octanol–water partition coefficient (Wildman–Crippen LogP) is 4.43. The molecule has 31 heavy (non-hydrogen) atoms. The molecule has 4 aromatic rings. The molecule has 0 atom stereocenters. The summed E-state index contributed by atoms with van der Waals surface area (Å²) in [5, 5.41) is 5.20. The predicted molar refractivity (Wildman–Crippen MR) is 119 cm³/mol. The maximum atomic E-state index is 12.4. The van der Waals surface area contributed by atoms with Crippen molar-refractivity contribution in [3.63, 3.8) is 0 Å². The number of carbonyl (C=O) groups excluding carboxylic acids is 2. The van der Waals surface area contributed by atoms with Crippen LogP contribution < -0.4 is 15.7 Å². The van der Waals surface area contributed by atoms with Crippen molar-refractivity contribution in [2.24, 2.45) is 0 Å². The molecule has 0 spiro atoms. The molecule has 8 heteroatoms. The molecule has 0 saturated heterocycles. The van der Waals surface area contributed by atoms with E-state index in [-0.39, 0.29) is 6.61 Å². The van der Waals surface area contributed by atoms with Crippen molar-refractivity contribution in [2.45, 2.75) is 13.8 Å². The maximum absolute atomic E-state index is 12.4. The Kier molecular flexibility index (Phi) is 5.48. The third-order valence-corrected chi connectivity index (χ3v) is 6.11. The zero-order chi connectivity index (χ0) is 22.1. The highest BCUT2D eigenvalue weighted by molar-refractivity contribution is 7.16. The first kappa shape index (κ1) is 20.6. The molecule has 0 fully saturated rings. The van der Waals surface area contributed by atoms with E-state index in [2.05, 4.69) is 5.32 Å². The number of methoxy groups -OCH3 is 1. The number of esters is 1. The summed E-state index contributed by atoms with van der Waals surface area (Å²) < 4.78 is 15.8. The Morgan fingerprint density at radius 3 is 2.55 bits per heavy atom. The first-order valence-electron chi connectivity index (χ1n) is 9.45. The normalized spacial score (nSPS) is 10.9. The van der Waals surface area contributed by atoms with Gasteiger partial charge in [-0.3, -0.25) is 4.79 Å². The van der Waals surface area contributed by atoms with Gasteiger partial charge < -0.3 is 19.2 Å². The van der Waals surface area contributed by atoms with Crippen LogP contribution in [0, 0.1) is 13.8 Å². The SMILES string of the molecule is COC(=O)c1c(NC(=O)COc2ccc3c(c2)oc(=O)c2ccccc23)sc(C)c1C. The van der Waals surface area contributed by atoms with Crippen molar-refractivity contribution in [2.75, 3.05) is 19.0 Å². The topological polar surface area (TPSA) is 94.8 Å². The van der Waals surface area contributed by atoms with Crippen LogP contribution >= 0.6 is 11.3 Å². The van der Waals surface area contributed by atoms with Crippen LogP contribution in [0.3, 0.4) is 0 Å². The number of carbonyl (C=O) groups is 2. The van der Waals surface area contributed by atoms with E-state index in [0.717, 1.165) is 21.2 Å². The van der Waals surface area contributed by atoms with E-state index >= 15 is 0 Å². The number of nitrogens with one attached hydrogen (secondary N) is 1. The van der Waals surface area contributed by atoms with Crippen molar-refractivity contribution in [1.29, 1.82) is 0 Å². The van der Waals surface area contributed by atoms with Crippen LogP contribution in [-0.2, 0) is 9.53 Å². The van der Waals surface area contributed by atoms with Gasteiger partial charge >= 0.3 is 11.6 Å². The average Bonchev–Trinajstić information content (AvgIpc) is 3.04. The van der Waals surface area contributed by atoms with Gasteiger partial charge in [0, 0.05) is 16.3 Å². The zero-order valence-electron chi connectivity index (χ0n) is 17.1. The molecule has 158 valence electrons. The summed E-state index contributed by atoms with van der Waals surface area (Å²) in [7, 11) is 1.30. The summed E-state index contributed by atoms with van der Waals surface area (Å²) in [6, 6.07) is 12.3. The molecule has 2 aromatic carbocycles. The smallest absolute Gasteiger partial charge is 0.344 e. The lowest BCUT2D eigenvalue weighted by atomic mass is 10.1. The lowest BCUT2D eigenvalue weighted by molar-refractivity contribution is -0.118. The molecule has 0 bridgehead atoms. The van der Waals surface area contributed by atoms with Crippen molar-refractivity contribution < 1.29 is 23.5 Å². The third kappa shape index (κ3) is 3.89. The molecule has 0 aliphatic rings. The number of thiophene rings is 1. The van der Waals surface area contributed by atoms with Crippen LogP contribution in [0.1, 0.15) is 20.8 Å². The number of rotatable bonds is 5. The molecule has 0 aliphatic carbocycles. The molecule has 0 radical (unpaired) electrons. The molecule has 0 saturated carbocycles. The highest BCUT2D eigenvalue weighted by atomic mass is 32.1. The molecule has 0 aliphatic heterocycles. The van der Waals surface area contributed by atoms with E-state index < -0.39 is 17.5 Å². The fourth-order valence-corrected chi connectivity index (χ4v) is 4.39. The van der Waals surface area contributed by atoms with Crippen LogP contribution in [-0.4, -0.2) is 25.6 Å². The number of anilines is 1. The Hall–Kier alpha value is -3.65. The van der Waals surface area contributed by atoms with E-state index in [1.54, 1.807) is 37.3 Å². The first-order chi connectivity index (χ1) is 14.9. The Bertz CT molecular complexity index is 1380. The van der Waals surface area contributed by atoms with Crippen LogP contribution in [0.15, 0.2) is 51.7 Å². The number of ether oxygens (including phenoxy) is 2. The van der Waals surface area contributed by atoms with Gasteiger partial charge in [0.05, 0.1) is 18.1 Å². The number of hydrogen-bond donors (Lipinski definition) is 1. The quantitative estimate of drug-likeness (QED) is 0.282. The number of benzene rings is 2. The van der Waals surface area contributed by atoms with Gasteiger partial charge in [-0.1, -0.05) is 18.2 Å². The zero-order valence-corrected chi connectivity index (χ0v) is 17.9. The van der Waals surface area contributed by atoms with Gasteiger partial charge in [0.2, 0.25) is 0 Å². The number of amides is 1. The van der Waals surface area contributed by atoms with E-state index in [0.29, 0.717) is 27.3 Å². The van der Waals surface area contributed by atoms with Gasteiger partial charge in [0.15, 0.2) is 6.61 Å². The lowest BCUT2D eigenvalue weighted by Gasteiger charge is -2.09. The van der Waals surface area contributed by atoms with Crippen LogP contribution in [0.5, 0.6) is 5.75 Å².